The number of aromatic nitrogens is 2. The summed E-state index contributed by atoms with van der Waals surface area (Å²) in [6.07, 6.45) is 2.18. The van der Waals surface area contributed by atoms with E-state index < -0.39 is 18.1 Å². The number of hydrogen-bond donors (Lipinski definition) is 2. The van der Waals surface area contributed by atoms with Gasteiger partial charge in [0.1, 0.15) is 22.5 Å². The largest absolute Gasteiger partial charge is 0.391 e. The summed E-state index contributed by atoms with van der Waals surface area (Å²) in [5.74, 6) is 1.88. The van der Waals surface area contributed by atoms with Crippen LogP contribution >= 0.6 is 11.3 Å². The maximum atomic E-state index is 12.0. The number of aliphatic hydroxyl groups is 1. The number of nitrogens with zero attached hydrogens (tertiary/aromatic N) is 4. The summed E-state index contributed by atoms with van der Waals surface area (Å²) < 4.78 is 0. The van der Waals surface area contributed by atoms with E-state index in [9.17, 15) is 9.90 Å². The highest BCUT2D eigenvalue weighted by Crippen LogP contribution is 2.37. The molecule has 4 heterocycles. The molecule has 0 bridgehead atoms. The number of aliphatic hydroxyl groups excluding tert-OH is 1. The number of hydrogen-bond acceptors (Lipinski definition) is 7. The first kappa shape index (κ1) is 19.5. The van der Waals surface area contributed by atoms with Crippen molar-refractivity contribution >= 4 is 33.3 Å². The van der Waals surface area contributed by atoms with E-state index in [2.05, 4.69) is 25.7 Å². The van der Waals surface area contributed by atoms with Gasteiger partial charge in [-0.25, -0.2) is 9.97 Å². The molecule has 2 atom stereocenters. The first-order valence-electron chi connectivity index (χ1n) is 10.1. The molecule has 28 heavy (non-hydrogen) atoms. The zero-order chi connectivity index (χ0) is 20.0. The maximum Gasteiger partial charge on any atom is 0.240 e. The van der Waals surface area contributed by atoms with Crippen LogP contribution in [-0.2, 0) is 11.3 Å². The van der Waals surface area contributed by atoms with Gasteiger partial charge in [0, 0.05) is 17.8 Å². The van der Waals surface area contributed by atoms with Gasteiger partial charge in [0.25, 0.3) is 0 Å². The molecule has 2 aliphatic heterocycles. The molecule has 8 heteroatoms. The number of fused-ring (bicyclic) bond motifs is 1. The molecular formula is C20H29N5O2S. The molecule has 7 nitrogen and oxygen atoms in total. The summed E-state index contributed by atoms with van der Waals surface area (Å²) in [6, 6.07) is -0.531. The molecule has 2 aliphatic rings. The van der Waals surface area contributed by atoms with Crippen molar-refractivity contribution < 1.29 is 9.90 Å². The van der Waals surface area contributed by atoms with Gasteiger partial charge in [-0.15, -0.1) is 11.3 Å². The Morgan fingerprint density at radius 3 is 2.68 bits per heavy atom. The first-order valence-corrected chi connectivity index (χ1v) is 10.9. The van der Waals surface area contributed by atoms with Crippen molar-refractivity contribution in [2.75, 3.05) is 24.5 Å². The van der Waals surface area contributed by atoms with Crippen molar-refractivity contribution in [3.05, 3.63) is 16.3 Å². The Labute approximate surface area is 169 Å². The average molecular weight is 404 g/mol. The molecule has 0 aromatic carbocycles. The summed E-state index contributed by atoms with van der Waals surface area (Å²) in [5, 5.41) is 11.2. The fourth-order valence-electron chi connectivity index (χ4n) is 4.29. The number of thiophene rings is 1. The van der Waals surface area contributed by atoms with Gasteiger partial charge in [0.15, 0.2) is 0 Å². The smallest absolute Gasteiger partial charge is 0.240 e. The number of nitrogens with two attached hydrogens (primary N) is 1. The van der Waals surface area contributed by atoms with Crippen LogP contribution < -0.4 is 10.6 Å². The minimum absolute atomic E-state index is 0.350. The third-order valence-corrected chi connectivity index (χ3v) is 7.28. The summed E-state index contributed by atoms with van der Waals surface area (Å²) in [7, 11) is 0. The second kappa shape index (κ2) is 7.57. The number of amides is 1. The Kier molecular flexibility index (Phi) is 5.28. The van der Waals surface area contributed by atoms with Crippen molar-refractivity contribution in [3.63, 3.8) is 0 Å². The lowest BCUT2D eigenvalue weighted by molar-refractivity contribution is -0.119. The molecule has 2 aromatic heterocycles. The third kappa shape index (κ3) is 3.60. The van der Waals surface area contributed by atoms with Crippen LogP contribution in [0.15, 0.2) is 0 Å². The molecule has 1 amide bonds. The fourth-order valence-corrected chi connectivity index (χ4v) is 5.33. The summed E-state index contributed by atoms with van der Waals surface area (Å²) in [5.41, 5.74) is 6.77. The second-order valence-electron chi connectivity index (χ2n) is 8.35. The molecule has 2 aromatic rings. The van der Waals surface area contributed by atoms with Gasteiger partial charge in [-0.05, 0) is 51.3 Å². The molecule has 0 saturated carbocycles. The minimum atomic E-state index is -0.574. The van der Waals surface area contributed by atoms with Gasteiger partial charge < -0.3 is 15.7 Å². The second-order valence-corrected chi connectivity index (χ2v) is 9.55. The molecule has 152 valence electrons. The monoisotopic (exact) mass is 403 g/mol. The zero-order valence-corrected chi connectivity index (χ0v) is 17.6. The van der Waals surface area contributed by atoms with E-state index in [4.69, 9.17) is 15.7 Å². The predicted molar refractivity (Wildman–Crippen MR) is 112 cm³/mol. The van der Waals surface area contributed by atoms with Crippen molar-refractivity contribution in [1.82, 2.24) is 14.9 Å². The first-order chi connectivity index (χ1) is 13.3. The Morgan fingerprint density at radius 2 is 2.00 bits per heavy atom. The number of carbonyl (C=O) groups is 1. The third-order valence-electron chi connectivity index (χ3n) is 6.18. The van der Waals surface area contributed by atoms with Gasteiger partial charge in [-0.2, -0.15) is 0 Å². The predicted octanol–water partition coefficient (Wildman–Crippen LogP) is 1.96. The highest BCUT2D eigenvalue weighted by molar-refractivity contribution is 7.18. The molecular weight excluding hydrogens is 374 g/mol. The maximum absolute atomic E-state index is 12.0. The number of carbonyl (C=O) groups excluding carboxylic acids is 1. The van der Waals surface area contributed by atoms with E-state index in [0.717, 1.165) is 46.4 Å². The molecule has 2 fully saturated rings. The molecule has 4 rings (SSSR count). The van der Waals surface area contributed by atoms with Crippen molar-refractivity contribution in [2.45, 2.75) is 58.7 Å². The number of anilines is 1. The van der Waals surface area contributed by atoms with Crippen molar-refractivity contribution in [3.8, 4) is 0 Å². The Hall–Kier alpha value is -1.77. The Balaban J connectivity index is 1.74. The average Bonchev–Trinajstić information content (AvgIpc) is 3.17. The van der Waals surface area contributed by atoms with E-state index in [1.165, 1.54) is 17.7 Å². The van der Waals surface area contributed by atoms with Gasteiger partial charge in [-0.1, -0.05) is 6.92 Å². The van der Waals surface area contributed by atoms with Gasteiger partial charge in [0.05, 0.1) is 18.0 Å². The number of likely N-dealkylation sites (tertiary alicyclic amines) is 1. The van der Waals surface area contributed by atoms with Crippen LogP contribution in [0.3, 0.4) is 0 Å². The summed E-state index contributed by atoms with van der Waals surface area (Å²) >= 11 is 1.66. The van der Waals surface area contributed by atoms with Crippen LogP contribution in [0.1, 0.15) is 42.5 Å². The number of β-amino-alcohol motifs (C(OH)–C–C–N with tert-alkyl or cyclic N) is 1. The van der Waals surface area contributed by atoms with Crippen LogP contribution in [0.25, 0.3) is 10.2 Å². The summed E-state index contributed by atoms with van der Waals surface area (Å²) in [6.45, 7) is 9.66. The van der Waals surface area contributed by atoms with E-state index in [1.807, 2.05) is 4.90 Å². The lowest BCUT2D eigenvalue weighted by atomic mass is 9.99. The number of piperidine rings is 1. The van der Waals surface area contributed by atoms with Crippen LogP contribution in [0, 0.1) is 19.8 Å². The van der Waals surface area contributed by atoms with Crippen LogP contribution in [0.4, 0.5) is 5.82 Å². The standard InChI is InChI=1S/C20H29N5O2S/c1-11-4-6-24(7-5-11)10-16-22-19(17-12(2)13(3)28-20(17)23-16)25-9-14(26)8-15(25)18(21)27/h11,14-15,26H,4-10H2,1-3H3,(H2,21,27)/t14-,15+/m1/s1. The fraction of sp³-hybridized carbons (Fsp3) is 0.650. The highest BCUT2D eigenvalue weighted by Gasteiger charge is 2.37. The van der Waals surface area contributed by atoms with E-state index >= 15 is 0 Å². The van der Waals surface area contributed by atoms with E-state index in [0.29, 0.717) is 19.5 Å². The molecule has 0 spiro atoms. The number of aryl methyl sites for hydroxylation is 2. The topological polar surface area (TPSA) is 95.6 Å². The lowest BCUT2D eigenvalue weighted by Gasteiger charge is -2.30. The number of primary amides is 1. The van der Waals surface area contributed by atoms with Crippen molar-refractivity contribution in [2.24, 2.45) is 11.7 Å². The van der Waals surface area contributed by atoms with Crippen LogP contribution in [0.5, 0.6) is 0 Å². The Bertz CT molecular complexity index is 890. The molecule has 3 N–H and O–H groups in total. The zero-order valence-electron chi connectivity index (χ0n) is 16.8. The lowest BCUT2D eigenvalue weighted by Crippen LogP contribution is -2.41. The SMILES string of the molecule is Cc1sc2nc(CN3CCC(C)CC3)nc(N3C[C@H](O)C[C@H]3C(N)=O)c2c1C. The number of rotatable bonds is 4. The Morgan fingerprint density at radius 1 is 1.29 bits per heavy atom. The van der Waals surface area contributed by atoms with Crippen LogP contribution in [-0.4, -0.2) is 57.7 Å². The minimum Gasteiger partial charge on any atom is -0.391 e. The molecule has 0 radical (unpaired) electrons. The van der Waals surface area contributed by atoms with Gasteiger partial charge >= 0.3 is 0 Å². The van der Waals surface area contributed by atoms with Crippen LogP contribution in [0.2, 0.25) is 0 Å². The summed E-state index contributed by atoms with van der Waals surface area (Å²) in [4.78, 5) is 28.2. The highest BCUT2D eigenvalue weighted by atomic mass is 32.1. The molecule has 0 unspecified atom stereocenters. The van der Waals surface area contributed by atoms with E-state index in [-0.39, 0.29) is 0 Å². The molecule has 2 saturated heterocycles. The molecule has 0 aliphatic carbocycles. The van der Waals surface area contributed by atoms with Gasteiger partial charge in [-0.3, -0.25) is 9.69 Å². The quantitative estimate of drug-likeness (QED) is 0.810. The normalized spacial score (nSPS) is 24.4. The van der Waals surface area contributed by atoms with Crippen molar-refractivity contribution in [1.29, 1.82) is 0 Å². The van der Waals surface area contributed by atoms with E-state index in [1.54, 1.807) is 11.3 Å². The van der Waals surface area contributed by atoms with Gasteiger partial charge in [0.2, 0.25) is 5.91 Å².